The van der Waals surface area contributed by atoms with Crippen molar-refractivity contribution in [3.8, 4) is 5.75 Å². The van der Waals surface area contributed by atoms with Gasteiger partial charge in [0.25, 0.3) is 0 Å². The largest absolute Gasteiger partial charge is 0.508 e. The normalized spacial score (nSPS) is 13.4. The van der Waals surface area contributed by atoms with E-state index in [4.69, 9.17) is 17.2 Å². The lowest BCUT2D eigenvalue weighted by atomic mass is 10.0. The Bertz CT molecular complexity index is 1750. The van der Waals surface area contributed by atoms with E-state index in [1.54, 1.807) is 48.7 Å². The summed E-state index contributed by atoms with van der Waals surface area (Å²) in [6.07, 6.45) is 2.34. The van der Waals surface area contributed by atoms with Crippen LogP contribution in [-0.4, -0.2) is 75.6 Å². The number of nitrogens with one attached hydrogen (secondary N) is 4. The summed E-state index contributed by atoms with van der Waals surface area (Å²) in [6, 6.07) is 17.9. The highest BCUT2D eigenvalue weighted by molar-refractivity contribution is 5.94. The first kappa shape index (κ1) is 36.0. The number of phenolic OH excluding ortho intramolecular Hbond substituents is 1. The Balaban J connectivity index is 1.52. The van der Waals surface area contributed by atoms with Gasteiger partial charge in [-0.05, 0) is 54.2 Å². The summed E-state index contributed by atoms with van der Waals surface area (Å²) in [5, 5.41) is 28.5. The van der Waals surface area contributed by atoms with Gasteiger partial charge in [-0.25, -0.2) is 4.79 Å². The fourth-order valence-corrected chi connectivity index (χ4v) is 5.35. The molecule has 0 fully saturated rings. The zero-order valence-corrected chi connectivity index (χ0v) is 26.8. The number of rotatable bonds is 17. The number of aromatic amines is 1. The van der Waals surface area contributed by atoms with Crippen LogP contribution >= 0.6 is 0 Å². The van der Waals surface area contributed by atoms with Crippen molar-refractivity contribution in [3.63, 3.8) is 0 Å². The number of amides is 3. The highest BCUT2D eigenvalue weighted by Gasteiger charge is 2.31. The number of carboxylic acid groups (broad SMARTS) is 1. The molecule has 0 aliphatic rings. The molecule has 14 heteroatoms. The lowest BCUT2D eigenvalue weighted by Gasteiger charge is -2.25. The van der Waals surface area contributed by atoms with E-state index in [0.717, 1.165) is 16.5 Å². The first-order valence-corrected chi connectivity index (χ1v) is 15.8. The quantitative estimate of drug-likeness (QED) is 0.0437. The number of hydrogen-bond donors (Lipinski definition) is 9. The minimum Gasteiger partial charge on any atom is -0.508 e. The standard InChI is InChI=1S/C35H42N8O6/c36-26(19-23-20-40-27-10-5-4-9-25(23)27)31(45)42-29(17-22-12-14-24(44)15-13-22)33(47)41-28(11-6-16-39-35(37)38)32(46)43-30(34(48)49)18-21-7-2-1-3-8-21/h1-5,7-10,12-15,20,26,28-30,40,44H,6,11,16-19,36H2,(H,41,47)(H,42,45)(H,43,46)(H,48,49)(H4,37,38,39). The zero-order valence-electron chi connectivity index (χ0n) is 26.8. The van der Waals surface area contributed by atoms with Crippen LogP contribution in [0.1, 0.15) is 29.5 Å². The van der Waals surface area contributed by atoms with Crippen molar-refractivity contribution in [1.29, 1.82) is 0 Å². The van der Waals surface area contributed by atoms with Crippen LogP contribution < -0.4 is 33.2 Å². The van der Waals surface area contributed by atoms with Crippen LogP contribution in [0.4, 0.5) is 0 Å². The first-order valence-electron chi connectivity index (χ1n) is 15.8. The van der Waals surface area contributed by atoms with Gasteiger partial charge in [0.15, 0.2) is 5.96 Å². The second-order valence-electron chi connectivity index (χ2n) is 11.7. The Labute approximate surface area is 283 Å². The number of aromatic hydroxyl groups is 1. The van der Waals surface area contributed by atoms with E-state index in [1.165, 1.54) is 12.1 Å². The Morgan fingerprint density at radius 2 is 1.33 bits per heavy atom. The number of carbonyl (C=O) groups is 4. The molecule has 3 amide bonds. The summed E-state index contributed by atoms with van der Waals surface area (Å²) in [5.41, 5.74) is 20.2. The number of carboxylic acids is 1. The SMILES string of the molecule is NC(N)=NCCCC(NC(=O)C(Cc1ccc(O)cc1)NC(=O)C(N)Cc1c[nH]c2ccccc12)C(=O)NC(Cc1ccccc1)C(=O)O. The molecule has 1 aromatic heterocycles. The predicted octanol–water partition coefficient (Wildman–Crippen LogP) is 0.821. The fraction of sp³-hybridized carbons (Fsp3) is 0.286. The number of phenols is 1. The summed E-state index contributed by atoms with van der Waals surface area (Å²) in [4.78, 5) is 60.0. The molecular weight excluding hydrogens is 628 g/mol. The molecule has 0 saturated heterocycles. The van der Waals surface area contributed by atoms with Crippen molar-refractivity contribution in [3.05, 3.63) is 102 Å². The van der Waals surface area contributed by atoms with E-state index in [1.807, 2.05) is 24.3 Å². The number of para-hydroxylation sites is 1. The molecule has 0 aliphatic heterocycles. The molecule has 4 rings (SSSR count). The minimum absolute atomic E-state index is 0.00571. The number of aliphatic carboxylic acids is 1. The van der Waals surface area contributed by atoms with Crippen LogP contribution in [0.5, 0.6) is 5.75 Å². The third-order valence-corrected chi connectivity index (χ3v) is 7.94. The van der Waals surface area contributed by atoms with Crippen LogP contribution in [-0.2, 0) is 38.4 Å². The van der Waals surface area contributed by atoms with E-state index < -0.39 is 47.9 Å². The van der Waals surface area contributed by atoms with Gasteiger partial charge >= 0.3 is 5.97 Å². The number of hydrogen-bond acceptors (Lipinski definition) is 7. The number of aromatic nitrogens is 1. The molecule has 0 bridgehead atoms. The van der Waals surface area contributed by atoms with Crippen molar-refractivity contribution < 1.29 is 29.4 Å². The van der Waals surface area contributed by atoms with Gasteiger partial charge in [0.2, 0.25) is 17.7 Å². The van der Waals surface area contributed by atoms with E-state index >= 15 is 0 Å². The van der Waals surface area contributed by atoms with Crippen LogP contribution in [0.25, 0.3) is 10.9 Å². The van der Waals surface area contributed by atoms with Gasteiger partial charge in [0.1, 0.15) is 23.9 Å². The average Bonchev–Trinajstić information content (AvgIpc) is 3.49. The smallest absolute Gasteiger partial charge is 0.326 e. The molecule has 0 saturated carbocycles. The topological polar surface area (TPSA) is 251 Å². The fourth-order valence-electron chi connectivity index (χ4n) is 5.35. The van der Waals surface area contributed by atoms with Crippen molar-refractivity contribution in [2.24, 2.45) is 22.2 Å². The maximum absolute atomic E-state index is 13.8. The molecule has 0 spiro atoms. The molecule has 4 aromatic rings. The van der Waals surface area contributed by atoms with E-state index in [2.05, 4.69) is 25.9 Å². The molecule has 4 unspecified atom stereocenters. The first-order chi connectivity index (χ1) is 23.5. The van der Waals surface area contributed by atoms with Gasteiger partial charge in [-0.3, -0.25) is 19.4 Å². The summed E-state index contributed by atoms with van der Waals surface area (Å²) in [5.74, 6) is -3.38. The number of guanidine groups is 1. The predicted molar refractivity (Wildman–Crippen MR) is 185 cm³/mol. The van der Waals surface area contributed by atoms with Gasteiger partial charge in [-0.15, -0.1) is 0 Å². The molecule has 3 aromatic carbocycles. The number of benzene rings is 3. The van der Waals surface area contributed by atoms with Crippen molar-refractivity contribution in [1.82, 2.24) is 20.9 Å². The number of nitrogens with two attached hydrogens (primary N) is 3. The Kier molecular flexibility index (Phi) is 12.7. The average molecular weight is 671 g/mol. The highest BCUT2D eigenvalue weighted by Crippen LogP contribution is 2.19. The summed E-state index contributed by atoms with van der Waals surface area (Å²) >= 11 is 0. The number of nitrogens with zero attached hydrogens (tertiary/aromatic N) is 1. The van der Waals surface area contributed by atoms with Crippen molar-refractivity contribution in [2.75, 3.05) is 6.54 Å². The molecule has 12 N–H and O–H groups in total. The second kappa shape index (κ2) is 17.3. The molecule has 258 valence electrons. The van der Waals surface area contributed by atoms with Crippen LogP contribution in [0.2, 0.25) is 0 Å². The lowest BCUT2D eigenvalue weighted by Crippen LogP contribution is -2.58. The molecule has 49 heavy (non-hydrogen) atoms. The van der Waals surface area contributed by atoms with Crippen molar-refractivity contribution in [2.45, 2.75) is 56.3 Å². The maximum Gasteiger partial charge on any atom is 0.326 e. The third-order valence-electron chi connectivity index (χ3n) is 7.94. The molecule has 0 aliphatic carbocycles. The monoisotopic (exact) mass is 670 g/mol. The summed E-state index contributed by atoms with van der Waals surface area (Å²) < 4.78 is 0. The van der Waals surface area contributed by atoms with Crippen LogP contribution in [0.3, 0.4) is 0 Å². The van der Waals surface area contributed by atoms with E-state index in [0.29, 0.717) is 11.1 Å². The number of fused-ring (bicyclic) bond motifs is 1. The van der Waals surface area contributed by atoms with E-state index in [-0.39, 0.29) is 50.4 Å². The van der Waals surface area contributed by atoms with Crippen LogP contribution in [0.15, 0.2) is 90.1 Å². The molecule has 0 radical (unpaired) electrons. The Hall–Kier alpha value is -5.89. The van der Waals surface area contributed by atoms with Crippen LogP contribution in [0, 0.1) is 0 Å². The van der Waals surface area contributed by atoms with Gasteiger partial charge in [-0.2, -0.15) is 0 Å². The highest BCUT2D eigenvalue weighted by atomic mass is 16.4. The molecular formula is C35H42N8O6. The van der Waals surface area contributed by atoms with Gasteiger partial charge in [0.05, 0.1) is 6.04 Å². The Morgan fingerprint density at radius 3 is 2.02 bits per heavy atom. The van der Waals surface area contributed by atoms with Gasteiger partial charge in [-0.1, -0.05) is 60.7 Å². The lowest BCUT2D eigenvalue weighted by molar-refractivity contribution is -0.142. The summed E-state index contributed by atoms with van der Waals surface area (Å²) in [6.45, 7) is 0.157. The van der Waals surface area contributed by atoms with Gasteiger partial charge in [0, 0.05) is 36.5 Å². The molecule has 4 atom stereocenters. The second-order valence-corrected chi connectivity index (χ2v) is 11.7. The van der Waals surface area contributed by atoms with Gasteiger partial charge < -0.3 is 48.3 Å². The minimum atomic E-state index is -1.28. The number of H-pyrrole nitrogens is 1. The molecule has 14 nitrogen and oxygen atoms in total. The zero-order chi connectivity index (χ0) is 35.3. The number of aliphatic imine (C=N–C) groups is 1. The Morgan fingerprint density at radius 1 is 0.735 bits per heavy atom. The maximum atomic E-state index is 13.8. The number of carbonyl (C=O) groups excluding carboxylic acids is 3. The molecule has 1 heterocycles. The summed E-state index contributed by atoms with van der Waals surface area (Å²) in [7, 11) is 0. The van der Waals surface area contributed by atoms with E-state index in [9.17, 15) is 29.4 Å². The van der Waals surface area contributed by atoms with Crippen molar-refractivity contribution >= 4 is 40.6 Å². The third kappa shape index (κ3) is 10.8.